The summed E-state index contributed by atoms with van der Waals surface area (Å²) in [5.74, 6) is 0.507. The summed E-state index contributed by atoms with van der Waals surface area (Å²) in [6.07, 6.45) is 5.49. The standard InChI is InChI=1S/C17H24N2OS.ClH/c1-12-3-4-13(15(9-12)21-2)11-19-16(20)14-10-17(14)5-7-18-8-6-17;/h3-4,9,14,18H,5-8,10-11H2,1-2H3,(H,19,20);1H. The first kappa shape index (κ1) is 17.6. The van der Waals surface area contributed by atoms with E-state index in [-0.39, 0.29) is 24.2 Å². The fourth-order valence-corrected chi connectivity index (χ4v) is 4.21. The van der Waals surface area contributed by atoms with E-state index in [4.69, 9.17) is 0 Å². The lowest BCUT2D eigenvalue weighted by Crippen LogP contribution is -2.33. The molecule has 1 heterocycles. The number of amides is 1. The lowest BCUT2D eigenvalue weighted by atomic mass is 9.92. The van der Waals surface area contributed by atoms with Crippen molar-refractivity contribution in [3.63, 3.8) is 0 Å². The molecule has 2 fully saturated rings. The van der Waals surface area contributed by atoms with Gasteiger partial charge in [0.1, 0.15) is 0 Å². The van der Waals surface area contributed by atoms with Gasteiger partial charge in [0, 0.05) is 17.4 Å². The van der Waals surface area contributed by atoms with Gasteiger partial charge in [0.25, 0.3) is 0 Å². The topological polar surface area (TPSA) is 41.1 Å². The summed E-state index contributed by atoms with van der Waals surface area (Å²) in [6.45, 7) is 4.89. The van der Waals surface area contributed by atoms with Crippen LogP contribution in [0.2, 0.25) is 0 Å². The van der Waals surface area contributed by atoms with Gasteiger partial charge in [-0.15, -0.1) is 24.2 Å². The van der Waals surface area contributed by atoms with E-state index in [1.807, 2.05) is 0 Å². The van der Waals surface area contributed by atoms with E-state index in [2.05, 4.69) is 42.0 Å². The van der Waals surface area contributed by atoms with Crippen LogP contribution < -0.4 is 10.6 Å². The summed E-state index contributed by atoms with van der Waals surface area (Å²) in [6, 6.07) is 6.44. The van der Waals surface area contributed by atoms with Crippen molar-refractivity contribution in [2.24, 2.45) is 11.3 Å². The van der Waals surface area contributed by atoms with Crippen molar-refractivity contribution >= 4 is 30.1 Å². The van der Waals surface area contributed by atoms with Crippen molar-refractivity contribution in [1.29, 1.82) is 0 Å². The summed E-state index contributed by atoms with van der Waals surface area (Å²) in [7, 11) is 0. The largest absolute Gasteiger partial charge is 0.352 e. The molecule has 1 spiro atoms. The van der Waals surface area contributed by atoms with Crippen LogP contribution in [0.4, 0.5) is 0 Å². The average Bonchev–Trinajstić information content (AvgIpc) is 3.19. The molecular formula is C17H25ClN2OS. The SMILES string of the molecule is CSc1cc(C)ccc1CNC(=O)C1CC12CCNCC2.Cl. The van der Waals surface area contributed by atoms with Gasteiger partial charge in [0.2, 0.25) is 5.91 Å². The second kappa shape index (κ2) is 7.24. The van der Waals surface area contributed by atoms with Crippen molar-refractivity contribution in [2.45, 2.75) is 37.6 Å². The van der Waals surface area contributed by atoms with Crippen LogP contribution in [0.15, 0.2) is 23.1 Å². The van der Waals surface area contributed by atoms with Gasteiger partial charge >= 0.3 is 0 Å². The van der Waals surface area contributed by atoms with E-state index in [9.17, 15) is 4.79 Å². The number of halogens is 1. The van der Waals surface area contributed by atoms with Gasteiger partial charge in [-0.1, -0.05) is 12.1 Å². The summed E-state index contributed by atoms with van der Waals surface area (Å²) < 4.78 is 0. The van der Waals surface area contributed by atoms with Gasteiger partial charge in [-0.25, -0.2) is 0 Å². The lowest BCUT2D eigenvalue weighted by Gasteiger charge is -2.23. The normalized spacial score (nSPS) is 22.0. The molecule has 2 aliphatic rings. The number of carbonyl (C=O) groups excluding carboxylic acids is 1. The Hall–Kier alpha value is -0.710. The minimum Gasteiger partial charge on any atom is -0.352 e. The highest BCUT2D eigenvalue weighted by Gasteiger charge is 2.57. The van der Waals surface area contributed by atoms with E-state index in [1.54, 1.807) is 11.8 Å². The highest BCUT2D eigenvalue weighted by molar-refractivity contribution is 7.98. The fraction of sp³-hybridized carbons (Fsp3) is 0.588. The van der Waals surface area contributed by atoms with E-state index in [1.165, 1.54) is 16.0 Å². The number of rotatable bonds is 4. The van der Waals surface area contributed by atoms with Crippen molar-refractivity contribution in [2.75, 3.05) is 19.3 Å². The zero-order chi connectivity index (χ0) is 14.9. The maximum Gasteiger partial charge on any atom is 0.223 e. The Morgan fingerprint density at radius 2 is 2.14 bits per heavy atom. The molecule has 1 aliphatic heterocycles. The Kier molecular flexibility index (Phi) is 5.81. The van der Waals surface area contributed by atoms with Crippen LogP contribution >= 0.6 is 24.2 Å². The average molecular weight is 341 g/mol. The fourth-order valence-electron chi connectivity index (χ4n) is 3.50. The second-order valence-electron chi connectivity index (χ2n) is 6.40. The van der Waals surface area contributed by atoms with Crippen LogP contribution in [0, 0.1) is 18.3 Å². The van der Waals surface area contributed by atoms with Gasteiger partial charge in [0.15, 0.2) is 0 Å². The summed E-state index contributed by atoms with van der Waals surface area (Å²) in [5.41, 5.74) is 2.82. The molecule has 1 atom stereocenters. The third kappa shape index (κ3) is 3.61. The molecular weight excluding hydrogens is 316 g/mol. The number of hydrogen-bond acceptors (Lipinski definition) is 3. The van der Waals surface area contributed by atoms with Gasteiger partial charge in [-0.05, 0) is 68.1 Å². The third-order valence-corrected chi connectivity index (χ3v) is 5.82. The Morgan fingerprint density at radius 3 is 2.82 bits per heavy atom. The van der Waals surface area contributed by atoms with Crippen LogP contribution in [-0.4, -0.2) is 25.3 Å². The molecule has 1 aromatic carbocycles. The Balaban J connectivity index is 0.00000176. The van der Waals surface area contributed by atoms with Crippen LogP contribution in [0.5, 0.6) is 0 Å². The lowest BCUT2D eigenvalue weighted by molar-refractivity contribution is -0.123. The zero-order valence-corrected chi connectivity index (χ0v) is 14.9. The third-order valence-electron chi connectivity index (χ3n) is 5.00. The first-order valence-electron chi connectivity index (χ1n) is 7.77. The van der Waals surface area contributed by atoms with Gasteiger partial charge in [0.05, 0.1) is 0 Å². The summed E-state index contributed by atoms with van der Waals surface area (Å²) in [4.78, 5) is 13.6. The van der Waals surface area contributed by atoms with Gasteiger partial charge in [-0.3, -0.25) is 4.79 Å². The van der Waals surface area contributed by atoms with E-state index >= 15 is 0 Å². The smallest absolute Gasteiger partial charge is 0.223 e. The van der Waals surface area contributed by atoms with Crippen molar-refractivity contribution < 1.29 is 4.79 Å². The van der Waals surface area contributed by atoms with Crippen molar-refractivity contribution in [3.05, 3.63) is 29.3 Å². The Labute approximate surface area is 143 Å². The molecule has 5 heteroatoms. The number of carbonyl (C=O) groups is 1. The predicted molar refractivity (Wildman–Crippen MR) is 94.7 cm³/mol. The summed E-state index contributed by atoms with van der Waals surface area (Å²) >= 11 is 1.75. The van der Waals surface area contributed by atoms with E-state index in [0.29, 0.717) is 12.0 Å². The van der Waals surface area contributed by atoms with Crippen LogP contribution in [0.25, 0.3) is 0 Å². The quantitative estimate of drug-likeness (QED) is 0.827. The molecule has 1 aromatic rings. The second-order valence-corrected chi connectivity index (χ2v) is 7.25. The minimum atomic E-state index is 0. The Morgan fingerprint density at radius 1 is 1.41 bits per heavy atom. The molecule has 1 unspecified atom stereocenters. The molecule has 1 saturated carbocycles. The monoisotopic (exact) mass is 340 g/mol. The number of aryl methyl sites for hydroxylation is 1. The molecule has 0 bridgehead atoms. The maximum atomic E-state index is 12.4. The molecule has 0 aromatic heterocycles. The zero-order valence-electron chi connectivity index (χ0n) is 13.3. The molecule has 1 saturated heterocycles. The van der Waals surface area contributed by atoms with Crippen LogP contribution in [-0.2, 0) is 11.3 Å². The van der Waals surface area contributed by atoms with Crippen LogP contribution in [0.1, 0.15) is 30.4 Å². The highest BCUT2D eigenvalue weighted by atomic mass is 35.5. The number of piperidine rings is 1. The molecule has 1 amide bonds. The molecule has 122 valence electrons. The molecule has 3 rings (SSSR count). The molecule has 3 nitrogen and oxygen atoms in total. The Bertz CT molecular complexity index is 543. The van der Waals surface area contributed by atoms with Crippen molar-refractivity contribution in [1.82, 2.24) is 10.6 Å². The van der Waals surface area contributed by atoms with E-state index in [0.717, 1.165) is 32.4 Å². The van der Waals surface area contributed by atoms with Crippen LogP contribution in [0.3, 0.4) is 0 Å². The first-order chi connectivity index (χ1) is 10.1. The minimum absolute atomic E-state index is 0. The number of thioether (sulfide) groups is 1. The number of hydrogen-bond donors (Lipinski definition) is 2. The molecule has 1 aliphatic carbocycles. The van der Waals surface area contributed by atoms with E-state index < -0.39 is 0 Å². The van der Waals surface area contributed by atoms with Gasteiger partial charge < -0.3 is 10.6 Å². The molecule has 22 heavy (non-hydrogen) atoms. The summed E-state index contributed by atoms with van der Waals surface area (Å²) in [5, 5.41) is 6.54. The maximum absolute atomic E-state index is 12.4. The molecule has 2 N–H and O–H groups in total. The first-order valence-corrected chi connectivity index (χ1v) is 8.99. The predicted octanol–water partition coefficient (Wildman–Crippen LogP) is 3.14. The number of nitrogens with one attached hydrogen (secondary N) is 2. The highest BCUT2D eigenvalue weighted by Crippen LogP contribution is 2.58. The van der Waals surface area contributed by atoms with Crippen molar-refractivity contribution in [3.8, 4) is 0 Å². The van der Waals surface area contributed by atoms with Gasteiger partial charge in [-0.2, -0.15) is 0 Å². The number of benzene rings is 1. The molecule has 0 radical (unpaired) electrons.